The van der Waals surface area contributed by atoms with Crippen molar-refractivity contribution < 1.29 is 33.4 Å². The standard InChI is InChI=1S/C25H31IN6O4.C23H27IN6O3/c1-30-7-8-32(23(34)15-30)14-16-3-6-21(29-24(16)25-35-9-10-36-25)31(2)22(33)12-18-11-20(19(26)13-27-18)28-17-4-5-17;1-28-7-8-30(23(33)13-28)12-15-3-6-21(27-20(15)14-31)29(2)22(32)10-17-9-19(18(24)11-25-17)26-16-4-5-16/h3,6,11,13,17,25H,4-5,7-10,12,14-15H2,1-2H3,(H,27,28);3,6,9,11,14,16H,4-5,7-8,10,12-13H2,1-2H3,(H,25,26). The van der Waals surface area contributed by atoms with Gasteiger partial charge in [0.15, 0.2) is 6.29 Å². The average molecular weight is 1170 g/mol. The molecule has 21 heteroatoms. The predicted octanol–water partition coefficient (Wildman–Crippen LogP) is 4.13. The highest BCUT2D eigenvalue weighted by atomic mass is 127. The summed E-state index contributed by atoms with van der Waals surface area (Å²) in [6.07, 6.45) is 8.61. The molecule has 0 radical (unpaired) electrons. The predicted molar refractivity (Wildman–Crippen MR) is 276 cm³/mol. The van der Waals surface area contributed by atoms with Crippen molar-refractivity contribution in [2.45, 2.75) is 70.0 Å². The van der Waals surface area contributed by atoms with E-state index >= 15 is 0 Å². The van der Waals surface area contributed by atoms with Gasteiger partial charge in [-0.15, -0.1) is 0 Å². The normalized spacial score (nSPS) is 17.9. The Hall–Kier alpha value is -4.95. The van der Waals surface area contributed by atoms with Crippen LogP contribution >= 0.6 is 45.2 Å². The Kier molecular flexibility index (Phi) is 16.7. The fourth-order valence-corrected chi connectivity index (χ4v) is 8.82. The number of nitrogens with one attached hydrogen (secondary N) is 2. The van der Waals surface area contributed by atoms with Crippen LogP contribution in [0.4, 0.5) is 23.0 Å². The summed E-state index contributed by atoms with van der Waals surface area (Å²) in [6.45, 7) is 5.36. The second-order valence-electron chi connectivity index (χ2n) is 18.1. The number of amides is 4. The number of aldehydes is 1. The van der Waals surface area contributed by atoms with Crippen molar-refractivity contribution in [2.24, 2.45) is 0 Å². The second kappa shape index (κ2) is 22.9. The maximum atomic E-state index is 13.2. The molecule has 2 saturated carbocycles. The van der Waals surface area contributed by atoms with Crippen LogP contribution in [0.2, 0.25) is 0 Å². The summed E-state index contributed by atoms with van der Waals surface area (Å²) < 4.78 is 13.6. The van der Waals surface area contributed by atoms with Gasteiger partial charge in [0.05, 0.1) is 69.0 Å². The summed E-state index contributed by atoms with van der Waals surface area (Å²) in [5.74, 6) is 0.710. The Morgan fingerprint density at radius 3 is 1.64 bits per heavy atom. The van der Waals surface area contributed by atoms with Gasteiger partial charge >= 0.3 is 0 Å². The molecular formula is C48H58I2N12O7. The van der Waals surface area contributed by atoms with Crippen LogP contribution in [0, 0.1) is 7.14 Å². The van der Waals surface area contributed by atoms with E-state index in [1.165, 1.54) is 35.5 Å². The Labute approximate surface area is 429 Å². The van der Waals surface area contributed by atoms with Crippen LogP contribution in [0.5, 0.6) is 0 Å². The molecule has 0 aromatic carbocycles. The van der Waals surface area contributed by atoms with E-state index in [1.807, 2.05) is 53.1 Å². The van der Waals surface area contributed by atoms with E-state index in [9.17, 15) is 24.0 Å². The number of hydrogen-bond donors (Lipinski definition) is 2. The lowest BCUT2D eigenvalue weighted by molar-refractivity contribution is -0.136. The number of nitrogens with zero attached hydrogens (tertiary/aromatic N) is 10. The molecule has 5 fully saturated rings. The topological polar surface area (TPSA) is 199 Å². The number of pyridine rings is 4. The SMILES string of the molecule is CN1CCN(Cc2ccc(N(C)C(=O)Cc3cc(NC4CC4)c(I)cn3)nc2C2OCCO2)C(=O)C1.CN1CCN(Cc2ccc(N(C)C(=O)Cc3cc(NC4CC4)c(I)cn3)nc2C=O)C(=O)C1. The van der Waals surface area contributed by atoms with Gasteiger partial charge in [-0.25, -0.2) is 9.97 Å². The van der Waals surface area contributed by atoms with Gasteiger partial charge in [-0.05, 0) is 115 Å². The Balaban J connectivity index is 0.000000187. The molecule has 0 unspecified atom stereocenters. The van der Waals surface area contributed by atoms with Crippen molar-refractivity contribution in [1.82, 2.24) is 39.5 Å². The van der Waals surface area contributed by atoms with Crippen molar-refractivity contribution in [3.8, 4) is 0 Å². The summed E-state index contributed by atoms with van der Waals surface area (Å²) in [5, 5.41) is 6.96. The number of carbonyl (C=O) groups excluding carboxylic acids is 5. The number of likely N-dealkylation sites (N-methyl/N-ethyl adjacent to an activating group) is 4. The van der Waals surface area contributed by atoms with Crippen LogP contribution in [-0.2, 0) is 54.6 Å². The third-order valence-corrected chi connectivity index (χ3v) is 14.2. The average Bonchev–Trinajstić information content (AvgIpc) is 4.28. The van der Waals surface area contributed by atoms with E-state index in [2.05, 4.69) is 70.8 Å². The van der Waals surface area contributed by atoms with Crippen LogP contribution in [-0.4, -0.2) is 162 Å². The molecule has 0 spiro atoms. The summed E-state index contributed by atoms with van der Waals surface area (Å²) >= 11 is 4.50. The van der Waals surface area contributed by atoms with E-state index in [0.29, 0.717) is 105 Å². The zero-order valence-corrected chi connectivity index (χ0v) is 43.6. The van der Waals surface area contributed by atoms with E-state index in [-0.39, 0.29) is 42.2 Å². The van der Waals surface area contributed by atoms with E-state index in [4.69, 9.17) is 14.5 Å². The third-order valence-electron chi connectivity index (χ3n) is 12.5. The number of halogens is 2. The molecule has 2 N–H and O–H groups in total. The largest absolute Gasteiger partial charge is 0.381 e. The molecule has 366 valence electrons. The third kappa shape index (κ3) is 13.5. The van der Waals surface area contributed by atoms with Gasteiger partial charge in [-0.2, -0.15) is 0 Å². The van der Waals surface area contributed by atoms with Crippen LogP contribution in [0.25, 0.3) is 0 Å². The molecule has 19 nitrogen and oxygen atoms in total. The van der Waals surface area contributed by atoms with Crippen LogP contribution < -0.4 is 20.4 Å². The van der Waals surface area contributed by atoms with Gasteiger partial charge < -0.3 is 29.9 Å². The minimum atomic E-state index is -0.611. The first kappa shape index (κ1) is 50.4. The highest BCUT2D eigenvalue weighted by Crippen LogP contribution is 2.31. The summed E-state index contributed by atoms with van der Waals surface area (Å²) in [5.41, 5.74) is 5.79. The molecule has 2 aliphatic carbocycles. The number of aromatic nitrogens is 4. The van der Waals surface area contributed by atoms with Gasteiger partial charge in [-0.1, -0.05) is 12.1 Å². The molecule has 69 heavy (non-hydrogen) atoms. The van der Waals surface area contributed by atoms with Gasteiger partial charge in [0.25, 0.3) is 0 Å². The summed E-state index contributed by atoms with van der Waals surface area (Å²) in [4.78, 5) is 91.1. The van der Waals surface area contributed by atoms with Crippen LogP contribution in [0.1, 0.15) is 70.7 Å². The molecule has 3 saturated heterocycles. The Morgan fingerprint density at radius 2 is 1.17 bits per heavy atom. The van der Waals surface area contributed by atoms with Crippen molar-refractivity contribution >= 4 is 98.1 Å². The molecule has 4 amide bonds. The maximum Gasteiger partial charge on any atom is 0.237 e. The van der Waals surface area contributed by atoms with Crippen LogP contribution in [0.15, 0.2) is 48.8 Å². The van der Waals surface area contributed by atoms with Crippen LogP contribution in [0.3, 0.4) is 0 Å². The quantitative estimate of drug-likeness (QED) is 0.120. The number of piperazine rings is 2. The number of ether oxygens (including phenoxy) is 2. The summed E-state index contributed by atoms with van der Waals surface area (Å²) in [6, 6.07) is 12.1. The van der Waals surface area contributed by atoms with Crippen molar-refractivity contribution in [2.75, 3.05) is 101 Å². The number of anilines is 4. The number of hydrogen-bond acceptors (Lipinski definition) is 15. The lowest BCUT2D eigenvalue weighted by Crippen LogP contribution is -2.48. The molecule has 9 rings (SSSR count). The molecule has 7 heterocycles. The molecule has 3 aliphatic heterocycles. The Morgan fingerprint density at radius 1 is 0.710 bits per heavy atom. The van der Waals surface area contributed by atoms with Gasteiger partial charge in [0.2, 0.25) is 29.9 Å². The molecule has 4 aromatic rings. The Bertz CT molecular complexity index is 2560. The van der Waals surface area contributed by atoms with Crippen molar-refractivity contribution in [3.05, 3.63) is 89.8 Å². The molecular weight excluding hydrogens is 1110 g/mol. The maximum absolute atomic E-state index is 13.2. The van der Waals surface area contributed by atoms with Crippen molar-refractivity contribution in [3.63, 3.8) is 0 Å². The van der Waals surface area contributed by atoms with E-state index < -0.39 is 6.29 Å². The molecule has 0 bridgehead atoms. The number of carbonyl (C=O) groups is 5. The monoisotopic (exact) mass is 1170 g/mol. The lowest BCUT2D eigenvalue weighted by Gasteiger charge is -2.32. The number of rotatable bonds is 16. The highest BCUT2D eigenvalue weighted by molar-refractivity contribution is 14.1. The second-order valence-corrected chi connectivity index (χ2v) is 20.5. The zero-order chi connectivity index (χ0) is 48.8. The minimum absolute atomic E-state index is 0.0255. The molecule has 4 aromatic heterocycles. The highest BCUT2D eigenvalue weighted by Gasteiger charge is 2.30. The van der Waals surface area contributed by atoms with Gasteiger partial charge in [0, 0.05) is 83.4 Å². The fraction of sp³-hybridized carbons (Fsp3) is 0.479. The molecule has 5 aliphatic rings. The zero-order valence-electron chi connectivity index (χ0n) is 39.3. The first-order valence-corrected chi connectivity index (χ1v) is 25.3. The first-order valence-electron chi connectivity index (χ1n) is 23.2. The molecule has 0 atom stereocenters. The van der Waals surface area contributed by atoms with E-state index in [1.54, 1.807) is 43.5 Å². The summed E-state index contributed by atoms with van der Waals surface area (Å²) in [7, 11) is 7.20. The fourth-order valence-electron chi connectivity index (χ4n) is 7.92. The van der Waals surface area contributed by atoms with Gasteiger partial charge in [-0.3, -0.25) is 53.5 Å². The van der Waals surface area contributed by atoms with E-state index in [0.717, 1.165) is 37.2 Å². The van der Waals surface area contributed by atoms with Gasteiger partial charge in [0.1, 0.15) is 23.0 Å². The first-order chi connectivity index (χ1) is 33.2. The lowest BCUT2D eigenvalue weighted by atomic mass is 10.1. The minimum Gasteiger partial charge on any atom is -0.381 e. The smallest absolute Gasteiger partial charge is 0.237 e. The van der Waals surface area contributed by atoms with Crippen molar-refractivity contribution in [1.29, 1.82) is 0 Å².